The van der Waals surface area contributed by atoms with E-state index in [2.05, 4.69) is 15.4 Å². The predicted molar refractivity (Wildman–Crippen MR) is 122 cm³/mol. The number of nitrogens with zero attached hydrogens (tertiary/aromatic N) is 4. The van der Waals surface area contributed by atoms with Gasteiger partial charge in [-0.15, -0.1) is 0 Å². The van der Waals surface area contributed by atoms with Crippen molar-refractivity contribution in [3.63, 3.8) is 0 Å². The molecule has 0 aliphatic heterocycles. The van der Waals surface area contributed by atoms with E-state index in [1.807, 2.05) is 0 Å². The van der Waals surface area contributed by atoms with Crippen LogP contribution >= 0.6 is 0 Å². The van der Waals surface area contributed by atoms with Crippen LogP contribution in [-0.4, -0.2) is 40.2 Å². The fourth-order valence-corrected chi connectivity index (χ4v) is 3.90. The quantitative estimate of drug-likeness (QED) is 0.384. The molecule has 4 aromatic rings. The lowest BCUT2D eigenvalue weighted by Crippen LogP contribution is -2.29. The van der Waals surface area contributed by atoms with E-state index in [1.165, 1.54) is 58.2 Å². The van der Waals surface area contributed by atoms with Gasteiger partial charge in [-0.3, -0.25) is 14.2 Å². The number of hydrogen-bond donors (Lipinski definition) is 2. The number of hydrogen-bond acceptors (Lipinski definition) is 6. The molecule has 2 aromatic carbocycles. The van der Waals surface area contributed by atoms with Gasteiger partial charge in [0, 0.05) is 19.5 Å². The summed E-state index contributed by atoms with van der Waals surface area (Å²) in [5.41, 5.74) is 1.42. The van der Waals surface area contributed by atoms with Crippen LogP contribution < -0.4 is 16.0 Å². The molecule has 0 bridgehead atoms. The largest absolute Gasteiger partial charge is 0.356 e. The molecule has 2 heterocycles. The molecule has 0 unspecified atom stereocenters. The molecule has 0 spiro atoms. The summed E-state index contributed by atoms with van der Waals surface area (Å²) in [6.07, 6.45) is 3.33. The van der Waals surface area contributed by atoms with Crippen molar-refractivity contribution < 1.29 is 17.6 Å². The van der Waals surface area contributed by atoms with Crippen LogP contribution in [0.5, 0.6) is 0 Å². The van der Waals surface area contributed by atoms with Gasteiger partial charge >= 0.3 is 0 Å². The summed E-state index contributed by atoms with van der Waals surface area (Å²) in [7, 11) is -3.74. The van der Waals surface area contributed by atoms with Crippen LogP contribution in [0.25, 0.3) is 16.7 Å². The summed E-state index contributed by atoms with van der Waals surface area (Å²) in [5.74, 6) is -0.621. The average molecular weight is 485 g/mol. The molecular weight excluding hydrogens is 463 g/mol. The van der Waals surface area contributed by atoms with Crippen LogP contribution in [0, 0.1) is 5.82 Å². The zero-order chi connectivity index (χ0) is 24.3. The normalized spacial score (nSPS) is 11.6. The number of sulfonamides is 1. The molecule has 34 heavy (non-hydrogen) atoms. The van der Waals surface area contributed by atoms with E-state index >= 15 is 0 Å². The van der Waals surface area contributed by atoms with E-state index < -0.39 is 10.0 Å². The average Bonchev–Trinajstić information content (AvgIpc) is 3.24. The minimum Gasteiger partial charge on any atom is -0.356 e. The van der Waals surface area contributed by atoms with Gasteiger partial charge in [-0.2, -0.15) is 5.10 Å². The monoisotopic (exact) mass is 484 g/mol. The highest BCUT2D eigenvalue weighted by molar-refractivity contribution is 7.89. The number of fused-ring (bicyclic) bond motifs is 1. The number of benzene rings is 2. The molecule has 176 valence electrons. The number of nitrogens with one attached hydrogen (secondary N) is 1. The third kappa shape index (κ3) is 5.18. The minimum atomic E-state index is -3.74. The van der Waals surface area contributed by atoms with Crippen LogP contribution in [0.15, 0.2) is 70.7 Å². The number of aryl methyl sites for hydroxylation is 1. The molecule has 0 saturated carbocycles. The maximum Gasteiger partial charge on any atom is 0.264 e. The first-order chi connectivity index (χ1) is 16.2. The molecule has 1 amide bonds. The first-order valence-electron chi connectivity index (χ1n) is 10.3. The van der Waals surface area contributed by atoms with Gasteiger partial charge in [0.25, 0.3) is 5.56 Å². The fraction of sp³-hybridized carbons (Fsp3) is 0.182. The Hall–Kier alpha value is -3.90. The fourth-order valence-electron chi connectivity index (χ4n) is 3.38. The van der Waals surface area contributed by atoms with Gasteiger partial charge in [0.2, 0.25) is 15.9 Å². The molecule has 12 heteroatoms. The molecule has 0 atom stereocenters. The first kappa shape index (κ1) is 23.3. The molecule has 3 N–H and O–H groups in total. The van der Waals surface area contributed by atoms with Crippen molar-refractivity contribution in [3.8, 4) is 5.69 Å². The second kappa shape index (κ2) is 9.53. The van der Waals surface area contributed by atoms with Crippen LogP contribution in [0.1, 0.15) is 12.0 Å². The number of halogens is 1. The lowest BCUT2D eigenvalue weighted by Gasteiger charge is -2.08. The third-order valence-electron chi connectivity index (χ3n) is 5.19. The number of nitrogens with two attached hydrogens (primary N) is 1. The Kier molecular flexibility index (Phi) is 6.52. The summed E-state index contributed by atoms with van der Waals surface area (Å²) in [5, 5.41) is 12.3. The van der Waals surface area contributed by atoms with Gasteiger partial charge in [0.1, 0.15) is 11.2 Å². The summed E-state index contributed by atoms with van der Waals surface area (Å²) >= 11 is 0. The molecule has 0 saturated heterocycles. The lowest BCUT2D eigenvalue weighted by atomic mass is 10.1. The number of primary sulfonamides is 1. The van der Waals surface area contributed by atoms with E-state index in [9.17, 15) is 22.4 Å². The lowest BCUT2D eigenvalue weighted by molar-refractivity contribution is -0.121. The Bertz CT molecular complexity index is 1500. The summed E-state index contributed by atoms with van der Waals surface area (Å²) in [4.78, 5) is 29.3. The molecule has 0 aliphatic carbocycles. The molecular formula is C22H21FN6O4S. The maximum absolute atomic E-state index is 13.2. The standard InChI is InChI=1S/C22H21FN6O4S/c23-16-3-5-17(6-4-16)29-21-19(13-27-29)22(31)28(14-26-21)12-10-20(30)25-11-9-15-1-7-18(8-2-15)34(24,32)33/h1-8,13-14H,9-12H2,(H,25,30)(H2,24,32,33). The highest BCUT2D eigenvalue weighted by Gasteiger charge is 2.12. The highest BCUT2D eigenvalue weighted by Crippen LogP contribution is 2.14. The second-order valence-electron chi connectivity index (χ2n) is 7.55. The molecule has 0 radical (unpaired) electrons. The van der Waals surface area contributed by atoms with E-state index in [0.29, 0.717) is 24.3 Å². The smallest absolute Gasteiger partial charge is 0.264 e. The number of rotatable bonds is 8. The Balaban J connectivity index is 1.34. The molecule has 4 rings (SSSR count). The van der Waals surface area contributed by atoms with Gasteiger partial charge < -0.3 is 5.32 Å². The highest BCUT2D eigenvalue weighted by atomic mass is 32.2. The Morgan fingerprint density at radius 2 is 1.79 bits per heavy atom. The van der Waals surface area contributed by atoms with Crippen LogP contribution in [0.3, 0.4) is 0 Å². The van der Waals surface area contributed by atoms with Crippen molar-refractivity contribution in [1.29, 1.82) is 0 Å². The van der Waals surface area contributed by atoms with E-state index in [1.54, 1.807) is 12.1 Å². The molecule has 10 nitrogen and oxygen atoms in total. The zero-order valence-electron chi connectivity index (χ0n) is 17.9. The van der Waals surface area contributed by atoms with E-state index in [0.717, 1.165) is 5.56 Å². The first-order valence-corrected chi connectivity index (χ1v) is 11.8. The molecule has 2 aromatic heterocycles. The zero-order valence-corrected chi connectivity index (χ0v) is 18.7. The maximum atomic E-state index is 13.2. The predicted octanol–water partition coefficient (Wildman–Crippen LogP) is 1.12. The van der Waals surface area contributed by atoms with E-state index in [-0.39, 0.29) is 40.5 Å². The van der Waals surface area contributed by atoms with Crippen LogP contribution in [0.4, 0.5) is 4.39 Å². The Morgan fingerprint density at radius 1 is 1.09 bits per heavy atom. The van der Waals surface area contributed by atoms with E-state index in [4.69, 9.17) is 5.14 Å². The van der Waals surface area contributed by atoms with Gasteiger partial charge in [-0.1, -0.05) is 12.1 Å². The summed E-state index contributed by atoms with van der Waals surface area (Å²) in [6, 6.07) is 11.8. The van der Waals surface area contributed by atoms with Gasteiger partial charge in [0.15, 0.2) is 5.65 Å². The SMILES string of the molecule is NS(=O)(=O)c1ccc(CCNC(=O)CCn2cnc3c(cnn3-c3ccc(F)cc3)c2=O)cc1. The topological polar surface area (TPSA) is 142 Å². The van der Waals surface area contributed by atoms with Gasteiger partial charge in [-0.05, 0) is 48.4 Å². The minimum absolute atomic E-state index is 0.0273. The number of carbonyl (C=O) groups excluding carboxylic acids is 1. The van der Waals surface area contributed by atoms with Crippen molar-refractivity contribution in [3.05, 3.63) is 82.8 Å². The number of amides is 1. The second-order valence-corrected chi connectivity index (χ2v) is 9.11. The van der Waals surface area contributed by atoms with Crippen molar-refractivity contribution in [2.45, 2.75) is 24.3 Å². The molecule has 0 fully saturated rings. The number of aromatic nitrogens is 4. The van der Waals surface area contributed by atoms with Crippen molar-refractivity contribution in [2.24, 2.45) is 5.14 Å². The Labute approximate surface area is 193 Å². The van der Waals surface area contributed by atoms with Crippen molar-refractivity contribution >= 4 is 27.0 Å². The third-order valence-corrected chi connectivity index (χ3v) is 6.12. The summed E-state index contributed by atoms with van der Waals surface area (Å²) < 4.78 is 38.5. The van der Waals surface area contributed by atoms with Gasteiger partial charge in [-0.25, -0.2) is 27.6 Å². The molecule has 0 aliphatic rings. The van der Waals surface area contributed by atoms with Gasteiger partial charge in [0.05, 0.1) is 23.1 Å². The summed E-state index contributed by atoms with van der Waals surface area (Å²) in [6.45, 7) is 0.489. The van der Waals surface area contributed by atoms with Crippen LogP contribution in [0.2, 0.25) is 0 Å². The van der Waals surface area contributed by atoms with Crippen LogP contribution in [-0.2, 0) is 27.8 Å². The number of carbonyl (C=O) groups is 1. The van der Waals surface area contributed by atoms with Crippen molar-refractivity contribution in [1.82, 2.24) is 24.6 Å². The van der Waals surface area contributed by atoms with Crippen molar-refractivity contribution in [2.75, 3.05) is 6.54 Å². The Morgan fingerprint density at radius 3 is 2.47 bits per heavy atom.